The summed E-state index contributed by atoms with van der Waals surface area (Å²) < 4.78 is 31.2. The maximum absolute atomic E-state index is 12.9. The highest BCUT2D eigenvalue weighted by Crippen LogP contribution is 2.37. The molecule has 108 valence electrons. The van der Waals surface area contributed by atoms with E-state index in [9.17, 15) is 13.9 Å². The van der Waals surface area contributed by atoms with Gasteiger partial charge in [0.15, 0.2) is 0 Å². The van der Waals surface area contributed by atoms with E-state index >= 15 is 0 Å². The van der Waals surface area contributed by atoms with Gasteiger partial charge in [0, 0.05) is 0 Å². The number of hydrogen-bond donors (Lipinski definition) is 1. The average molecular weight is 272 g/mol. The van der Waals surface area contributed by atoms with Crippen LogP contribution in [0.15, 0.2) is 24.3 Å². The van der Waals surface area contributed by atoms with Gasteiger partial charge in [-0.05, 0) is 38.0 Å². The summed E-state index contributed by atoms with van der Waals surface area (Å²) in [5.41, 5.74) is -1.01. The van der Waals surface area contributed by atoms with Gasteiger partial charge in [-0.1, -0.05) is 26.0 Å². The van der Waals surface area contributed by atoms with Crippen LogP contribution in [0.2, 0.25) is 0 Å². The number of benzene rings is 1. The SMILES string of the molecule is CCC(O)(c1ccc(OC(C)C)cc1)C(C)C(F)F. The third-order valence-electron chi connectivity index (χ3n) is 3.40. The van der Waals surface area contributed by atoms with Crippen molar-refractivity contribution in [2.75, 3.05) is 0 Å². The van der Waals surface area contributed by atoms with E-state index in [4.69, 9.17) is 4.74 Å². The van der Waals surface area contributed by atoms with Crippen LogP contribution in [0.3, 0.4) is 0 Å². The monoisotopic (exact) mass is 272 g/mol. The first-order valence-corrected chi connectivity index (χ1v) is 6.59. The van der Waals surface area contributed by atoms with Gasteiger partial charge in [-0.2, -0.15) is 0 Å². The molecular weight excluding hydrogens is 250 g/mol. The van der Waals surface area contributed by atoms with Crippen molar-refractivity contribution in [2.45, 2.75) is 52.2 Å². The molecule has 0 aliphatic heterocycles. The summed E-state index contributed by atoms with van der Waals surface area (Å²) in [6.07, 6.45) is -2.27. The molecular formula is C15H22F2O2. The van der Waals surface area contributed by atoms with E-state index in [1.165, 1.54) is 6.92 Å². The van der Waals surface area contributed by atoms with Crippen molar-refractivity contribution in [3.8, 4) is 5.75 Å². The Morgan fingerprint density at radius 2 is 1.68 bits per heavy atom. The van der Waals surface area contributed by atoms with Crippen molar-refractivity contribution in [2.24, 2.45) is 5.92 Å². The van der Waals surface area contributed by atoms with Gasteiger partial charge in [-0.15, -0.1) is 0 Å². The second-order valence-electron chi connectivity index (χ2n) is 5.09. The fourth-order valence-corrected chi connectivity index (χ4v) is 2.09. The molecule has 2 unspecified atom stereocenters. The summed E-state index contributed by atoms with van der Waals surface area (Å²) in [7, 11) is 0. The van der Waals surface area contributed by atoms with Gasteiger partial charge in [0.05, 0.1) is 17.6 Å². The lowest BCUT2D eigenvalue weighted by Gasteiger charge is -2.33. The van der Waals surface area contributed by atoms with E-state index in [0.29, 0.717) is 11.3 Å². The van der Waals surface area contributed by atoms with Gasteiger partial charge in [-0.3, -0.25) is 0 Å². The van der Waals surface area contributed by atoms with Gasteiger partial charge in [0.2, 0.25) is 6.43 Å². The Kier molecular flexibility index (Phi) is 5.29. The van der Waals surface area contributed by atoms with Gasteiger partial charge in [0.1, 0.15) is 5.75 Å². The summed E-state index contributed by atoms with van der Waals surface area (Å²) in [5, 5.41) is 10.5. The number of alkyl halides is 2. The van der Waals surface area contributed by atoms with Crippen molar-refractivity contribution < 1.29 is 18.6 Å². The van der Waals surface area contributed by atoms with Crippen LogP contribution in [0.1, 0.15) is 39.7 Å². The Balaban J connectivity index is 2.99. The van der Waals surface area contributed by atoms with E-state index < -0.39 is 17.9 Å². The van der Waals surface area contributed by atoms with Crippen LogP contribution in [0.25, 0.3) is 0 Å². The van der Waals surface area contributed by atoms with Crippen LogP contribution >= 0.6 is 0 Å². The van der Waals surface area contributed by atoms with E-state index in [2.05, 4.69) is 0 Å². The summed E-state index contributed by atoms with van der Waals surface area (Å²) in [6.45, 7) is 6.90. The minimum atomic E-state index is -2.56. The fourth-order valence-electron chi connectivity index (χ4n) is 2.09. The van der Waals surface area contributed by atoms with Gasteiger partial charge in [0.25, 0.3) is 0 Å². The smallest absolute Gasteiger partial charge is 0.244 e. The number of rotatable bonds is 6. The molecule has 19 heavy (non-hydrogen) atoms. The predicted octanol–water partition coefficient (Wildman–Crippen LogP) is 3.97. The molecule has 0 aromatic heterocycles. The largest absolute Gasteiger partial charge is 0.491 e. The number of hydrogen-bond acceptors (Lipinski definition) is 2. The molecule has 1 aromatic carbocycles. The zero-order chi connectivity index (χ0) is 14.6. The molecule has 1 N–H and O–H groups in total. The highest BCUT2D eigenvalue weighted by molar-refractivity contribution is 5.31. The zero-order valence-electron chi connectivity index (χ0n) is 11.9. The van der Waals surface area contributed by atoms with E-state index in [1.54, 1.807) is 31.2 Å². The average Bonchev–Trinajstić information content (AvgIpc) is 2.37. The Bertz CT molecular complexity index is 390. The van der Waals surface area contributed by atoms with Crippen LogP contribution in [-0.4, -0.2) is 17.6 Å². The minimum Gasteiger partial charge on any atom is -0.491 e. The lowest BCUT2D eigenvalue weighted by molar-refractivity contribution is -0.0847. The van der Waals surface area contributed by atoms with Crippen molar-refractivity contribution in [3.05, 3.63) is 29.8 Å². The van der Waals surface area contributed by atoms with Gasteiger partial charge >= 0.3 is 0 Å². The molecule has 0 saturated carbocycles. The number of ether oxygens (including phenoxy) is 1. The summed E-state index contributed by atoms with van der Waals surface area (Å²) in [5.74, 6) is -0.448. The van der Waals surface area contributed by atoms with Gasteiger partial charge in [-0.25, -0.2) is 8.78 Å². The lowest BCUT2D eigenvalue weighted by Crippen LogP contribution is -2.36. The van der Waals surface area contributed by atoms with Crippen molar-refractivity contribution in [1.29, 1.82) is 0 Å². The molecule has 0 aliphatic rings. The molecule has 2 atom stereocenters. The minimum absolute atomic E-state index is 0.0518. The standard InChI is InChI=1S/C15H22F2O2/c1-5-15(18,11(4)14(16)17)12-6-8-13(9-7-12)19-10(2)3/h6-11,14,18H,5H2,1-4H3. The van der Waals surface area contributed by atoms with Crippen molar-refractivity contribution in [1.82, 2.24) is 0 Å². The Hall–Kier alpha value is -1.16. The van der Waals surface area contributed by atoms with Crippen LogP contribution < -0.4 is 4.74 Å². The molecule has 0 radical (unpaired) electrons. The third kappa shape index (κ3) is 3.66. The molecule has 0 saturated heterocycles. The maximum Gasteiger partial charge on any atom is 0.244 e. The normalized spacial score (nSPS) is 16.5. The molecule has 0 heterocycles. The first kappa shape index (κ1) is 15.9. The lowest BCUT2D eigenvalue weighted by atomic mass is 9.80. The van der Waals surface area contributed by atoms with E-state index in [-0.39, 0.29) is 12.5 Å². The molecule has 1 rings (SSSR count). The highest BCUT2D eigenvalue weighted by Gasteiger charge is 2.39. The van der Waals surface area contributed by atoms with Crippen molar-refractivity contribution >= 4 is 0 Å². The molecule has 2 nitrogen and oxygen atoms in total. The molecule has 0 spiro atoms. The first-order chi connectivity index (χ1) is 8.81. The third-order valence-corrected chi connectivity index (χ3v) is 3.40. The molecule has 1 aromatic rings. The maximum atomic E-state index is 12.9. The predicted molar refractivity (Wildman–Crippen MR) is 71.6 cm³/mol. The van der Waals surface area contributed by atoms with E-state index in [0.717, 1.165) is 0 Å². The van der Waals surface area contributed by atoms with Crippen molar-refractivity contribution in [3.63, 3.8) is 0 Å². The first-order valence-electron chi connectivity index (χ1n) is 6.59. The zero-order valence-corrected chi connectivity index (χ0v) is 11.9. The quantitative estimate of drug-likeness (QED) is 0.849. The molecule has 0 amide bonds. The van der Waals surface area contributed by atoms with Crippen LogP contribution in [0.4, 0.5) is 8.78 Å². The van der Waals surface area contributed by atoms with Crippen LogP contribution in [-0.2, 0) is 5.60 Å². The molecule has 0 aliphatic carbocycles. The van der Waals surface area contributed by atoms with Crippen LogP contribution in [0.5, 0.6) is 5.75 Å². The Morgan fingerprint density at radius 3 is 2.05 bits per heavy atom. The van der Waals surface area contributed by atoms with Gasteiger partial charge < -0.3 is 9.84 Å². The fraction of sp³-hybridized carbons (Fsp3) is 0.600. The summed E-state index contributed by atoms with van der Waals surface area (Å²) in [4.78, 5) is 0. The summed E-state index contributed by atoms with van der Waals surface area (Å²) in [6, 6.07) is 6.71. The Morgan fingerprint density at radius 1 is 1.16 bits per heavy atom. The Labute approximate surface area is 113 Å². The number of aliphatic hydroxyl groups is 1. The molecule has 4 heteroatoms. The topological polar surface area (TPSA) is 29.5 Å². The molecule has 0 fully saturated rings. The van der Waals surface area contributed by atoms with Crippen LogP contribution in [0, 0.1) is 5.92 Å². The van der Waals surface area contributed by atoms with E-state index in [1.807, 2.05) is 13.8 Å². The highest BCUT2D eigenvalue weighted by atomic mass is 19.3. The number of halogens is 2. The second kappa shape index (κ2) is 6.33. The second-order valence-corrected chi connectivity index (χ2v) is 5.09. The summed E-state index contributed by atoms with van der Waals surface area (Å²) >= 11 is 0. The molecule has 0 bridgehead atoms.